The molecule has 0 aliphatic carbocycles. The minimum absolute atomic E-state index is 0.00463. The normalized spacial score (nSPS) is 14.4. The second kappa shape index (κ2) is 6.49. The van der Waals surface area contributed by atoms with Crippen molar-refractivity contribution in [3.8, 4) is 6.07 Å². The van der Waals surface area contributed by atoms with E-state index in [0.29, 0.717) is 37.4 Å². The Morgan fingerprint density at radius 1 is 1.00 bits per heavy atom. The summed E-state index contributed by atoms with van der Waals surface area (Å²) in [4.78, 5) is 16.2. The minimum atomic E-state index is -0.507. The van der Waals surface area contributed by atoms with Crippen molar-refractivity contribution in [2.75, 3.05) is 31.1 Å². The van der Waals surface area contributed by atoms with Gasteiger partial charge in [0.25, 0.3) is 5.91 Å². The zero-order valence-corrected chi connectivity index (χ0v) is 12.6. The summed E-state index contributed by atoms with van der Waals surface area (Å²) in [6, 6.07) is 15.7. The predicted molar refractivity (Wildman–Crippen MR) is 85.7 cm³/mol. The molecule has 0 N–H and O–H groups in total. The average molecular weight is 309 g/mol. The Kier molecular flexibility index (Phi) is 4.24. The van der Waals surface area contributed by atoms with Gasteiger partial charge in [-0.1, -0.05) is 24.3 Å². The van der Waals surface area contributed by atoms with Gasteiger partial charge in [-0.2, -0.15) is 5.26 Å². The fourth-order valence-electron chi connectivity index (χ4n) is 2.80. The van der Waals surface area contributed by atoms with E-state index < -0.39 is 5.82 Å². The molecule has 1 amide bonds. The number of nitrogens with zero attached hydrogens (tertiary/aromatic N) is 3. The molecule has 0 bridgehead atoms. The van der Waals surface area contributed by atoms with Crippen LogP contribution in [0.4, 0.5) is 10.1 Å². The van der Waals surface area contributed by atoms with Gasteiger partial charge < -0.3 is 9.80 Å². The summed E-state index contributed by atoms with van der Waals surface area (Å²) in [6.07, 6.45) is 0. The highest BCUT2D eigenvalue weighted by atomic mass is 19.1. The number of benzene rings is 2. The molecular formula is C18H16FN3O. The third-order valence-electron chi connectivity index (χ3n) is 4.03. The molecule has 2 aromatic rings. The van der Waals surface area contributed by atoms with Crippen LogP contribution in [0.3, 0.4) is 0 Å². The molecule has 116 valence electrons. The highest BCUT2D eigenvalue weighted by molar-refractivity contribution is 5.94. The quantitative estimate of drug-likeness (QED) is 0.857. The van der Waals surface area contributed by atoms with E-state index in [2.05, 4.69) is 0 Å². The lowest BCUT2D eigenvalue weighted by Crippen LogP contribution is -2.49. The molecule has 1 aliphatic heterocycles. The molecule has 1 saturated heterocycles. The van der Waals surface area contributed by atoms with Gasteiger partial charge >= 0.3 is 0 Å². The van der Waals surface area contributed by atoms with E-state index in [0.717, 1.165) is 0 Å². The van der Waals surface area contributed by atoms with E-state index in [9.17, 15) is 9.18 Å². The molecule has 0 saturated carbocycles. The van der Waals surface area contributed by atoms with E-state index in [1.54, 1.807) is 29.2 Å². The van der Waals surface area contributed by atoms with Crippen molar-refractivity contribution in [3.05, 3.63) is 65.5 Å². The number of anilines is 1. The van der Waals surface area contributed by atoms with Crippen LogP contribution in [0, 0.1) is 17.1 Å². The summed E-state index contributed by atoms with van der Waals surface area (Å²) in [5, 5.41) is 9.14. The second-order valence-corrected chi connectivity index (χ2v) is 5.39. The number of carbonyl (C=O) groups is 1. The summed E-state index contributed by atoms with van der Waals surface area (Å²) in [5.74, 6) is -0.502. The van der Waals surface area contributed by atoms with Crippen LogP contribution in [0.2, 0.25) is 0 Å². The number of rotatable bonds is 2. The molecule has 0 aromatic heterocycles. The van der Waals surface area contributed by atoms with Gasteiger partial charge in [-0.05, 0) is 24.3 Å². The first-order chi connectivity index (χ1) is 11.2. The maximum absolute atomic E-state index is 13.7. The van der Waals surface area contributed by atoms with Crippen molar-refractivity contribution in [1.29, 1.82) is 5.26 Å². The zero-order valence-electron chi connectivity index (χ0n) is 12.6. The number of nitriles is 1. The molecule has 2 aromatic carbocycles. The molecular weight excluding hydrogens is 293 g/mol. The largest absolute Gasteiger partial charge is 0.367 e. The lowest BCUT2D eigenvalue weighted by Gasteiger charge is -2.36. The van der Waals surface area contributed by atoms with Crippen molar-refractivity contribution in [3.63, 3.8) is 0 Å². The topological polar surface area (TPSA) is 47.3 Å². The van der Waals surface area contributed by atoms with Crippen LogP contribution in [0.1, 0.15) is 15.9 Å². The number of hydrogen-bond donors (Lipinski definition) is 0. The van der Waals surface area contributed by atoms with E-state index in [1.807, 2.05) is 29.2 Å². The summed E-state index contributed by atoms with van der Waals surface area (Å²) in [6.45, 7) is 2.26. The van der Waals surface area contributed by atoms with Crippen LogP contribution in [-0.4, -0.2) is 37.0 Å². The third-order valence-corrected chi connectivity index (χ3v) is 4.03. The van der Waals surface area contributed by atoms with E-state index in [4.69, 9.17) is 5.26 Å². The van der Waals surface area contributed by atoms with Gasteiger partial charge in [-0.15, -0.1) is 0 Å². The van der Waals surface area contributed by atoms with Crippen molar-refractivity contribution < 1.29 is 9.18 Å². The summed E-state index contributed by atoms with van der Waals surface area (Å²) in [7, 11) is 0. The average Bonchev–Trinajstić information content (AvgIpc) is 2.62. The second-order valence-electron chi connectivity index (χ2n) is 5.39. The number of piperazine rings is 1. The van der Waals surface area contributed by atoms with Crippen LogP contribution in [0.15, 0.2) is 48.5 Å². The minimum Gasteiger partial charge on any atom is -0.367 e. The van der Waals surface area contributed by atoms with Gasteiger partial charge in [0.15, 0.2) is 0 Å². The molecule has 0 unspecified atom stereocenters. The molecule has 1 aliphatic rings. The van der Waals surface area contributed by atoms with Gasteiger partial charge in [-0.3, -0.25) is 4.79 Å². The molecule has 23 heavy (non-hydrogen) atoms. The van der Waals surface area contributed by atoms with Gasteiger partial charge in [0.1, 0.15) is 17.4 Å². The van der Waals surface area contributed by atoms with Crippen molar-refractivity contribution in [2.24, 2.45) is 0 Å². The maximum Gasteiger partial charge on any atom is 0.253 e. The van der Waals surface area contributed by atoms with Crippen LogP contribution < -0.4 is 4.90 Å². The predicted octanol–water partition coefficient (Wildman–Crippen LogP) is 2.66. The summed E-state index contributed by atoms with van der Waals surface area (Å²) in [5.41, 5.74) is 1.33. The van der Waals surface area contributed by atoms with Gasteiger partial charge in [0, 0.05) is 31.7 Å². The van der Waals surface area contributed by atoms with Crippen molar-refractivity contribution in [2.45, 2.75) is 0 Å². The lowest BCUT2D eigenvalue weighted by molar-refractivity contribution is 0.0746. The molecule has 0 radical (unpaired) electrons. The Morgan fingerprint density at radius 2 is 1.70 bits per heavy atom. The van der Waals surface area contributed by atoms with E-state index in [-0.39, 0.29) is 11.5 Å². The number of hydrogen-bond acceptors (Lipinski definition) is 3. The maximum atomic E-state index is 13.7. The molecule has 3 rings (SSSR count). The smallest absolute Gasteiger partial charge is 0.253 e. The Morgan fingerprint density at radius 3 is 2.35 bits per heavy atom. The molecule has 0 atom stereocenters. The number of amides is 1. The van der Waals surface area contributed by atoms with E-state index >= 15 is 0 Å². The van der Waals surface area contributed by atoms with Crippen molar-refractivity contribution >= 4 is 11.6 Å². The summed E-state index contributed by atoms with van der Waals surface area (Å²) >= 11 is 0. The molecule has 4 nitrogen and oxygen atoms in total. The van der Waals surface area contributed by atoms with Gasteiger partial charge in [-0.25, -0.2) is 4.39 Å². The first kappa shape index (κ1) is 15.0. The fourth-order valence-corrected chi connectivity index (χ4v) is 2.80. The Balaban J connectivity index is 1.71. The van der Waals surface area contributed by atoms with Gasteiger partial charge in [0.05, 0.1) is 5.69 Å². The van der Waals surface area contributed by atoms with E-state index in [1.165, 1.54) is 6.07 Å². The first-order valence-electron chi connectivity index (χ1n) is 7.48. The zero-order chi connectivity index (χ0) is 16.2. The number of halogens is 1. The number of carbonyl (C=O) groups excluding carboxylic acids is 1. The van der Waals surface area contributed by atoms with Crippen molar-refractivity contribution in [1.82, 2.24) is 4.90 Å². The Labute approximate surface area is 134 Å². The van der Waals surface area contributed by atoms with Crippen LogP contribution in [0.5, 0.6) is 0 Å². The highest BCUT2D eigenvalue weighted by Crippen LogP contribution is 2.24. The Bertz CT molecular complexity index is 747. The van der Waals surface area contributed by atoms with Crippen LogP contribution in [-0.2, 0) is 0 Å². The highest BCUT2D eigenvalue weighted by Gasteiger charge is 2.24. The first-order valence-corrected chi connectivity index (χ1v) is 7.48. The van der Waals surface area contributed by atoms with Gasteiger partial charge in [0.2, 0.25) is 0 Å². The third kappa shape index (κ3) is 3.02. The standard InChI is InChI=1S/C18H16FN3O/c19-16-7-4-8-17(15(16)13-20)21-9-11-22(12-10-21)18(23)14-5-2-1-3-6-14/h1-8H,9-12H2. The fraction of sp³-hybridized carbons (Fsp3) is 0.222. The monoisotopic (exact) mass is 309 g/mol. The lowest BCUT2D eigenvalue weighted by atomic mass is 10.1. The molecule has 1 heterocycles. The molecule has 0 spiro atoms. The molecule has 1 fully saturated rings. The van der Waals surface area contributed by atoms with Crippen LogP contribution in [0.25, 0.3) is 0 Å². The van der Waals surface area contributed by atoms with Crippen LogP contribution >= 0.6 is 0 Å². The SMILES string of the molecule is N#Cc1c(F)cccc1N1CCN(C(=O)c2ccccc2)CC1. The summed E-state index contributed by atoms with van der Waals surface area (Å²) < 4.78 is 13.7. The molecule has 5 heteroatoms. The Hall–Kier alpha value is -2.87.